The molecule has 2 aliphatic rings. The number of carbonyl (C=O) groups excluding carboxylic acids is 2. The number of benzene rings is 3. The van der Waals surface area contributed by atoms with Crippen LogP contribution in [0.2, 0.25) is 0 Å². The van der Waals surface area contributed by atoms with Gasteiger partial charge in [-0.25, -0.2) is 4.79 Å². The highest BCUT2D eigenvalue weighted by molar-refractivity contribution is 6.05. The molecule has 172 valence electrons. The van der Waals surface area contributed by atoms with Gasteiger partial charge in [0.2, 0.25) is 0 Å². The van der Waals surface area contributed by atoms with Crippen LogP contribution in [0.1, 0.15) is 37.7 Å². The lowest BCUT2D eigenvalue weighted by atomic mass is 9.74. The average molecular weight is 454 g/mol. The molecule has 0 radical (unpaired) electrons. The first-order valence-electron chi connectivity index (χ1n) is 11.7. The third-order valence-corrected chi connectivity index (χ3v) is 6.46. The van der Waals surface area contributed by atoms with Gasteiger partial charge in [0.25, 0.3) is 0 Å². The van der Waals surface area contributed by atoms with E-state index in [2.05, 4.69) is 5.32 Å². The van der Waals surface area contributed by atoms with E-state index >= 15 is 0 Å². The van der Waals surface area contributed by atoms with Crippen molar-refractivity contribution >= 4 is 22.5 Å². The van der Waals surface area contributed by atoms with Gasteiger partial charge in [-0.15, -0.1) is 0 Å². The number of rotatable bonds is 6. The van der Waals surface area contributed by atoms with Gasteiger partial charge in [0.05, 0.1) is 5.57 Å². The molecule has 0 saturated carbocycles. The lowest BCUT2D eigenvalue weighted by molar-refractivity contribution is -0.140. The molecule has 5 heteroatoms. The van der Waals surface area contributed by atoms with E-state index < -0.39 is 11.9 Å². The van der Waals surface area contributed by atoms with E-state index in [0.717, 1.165) is 46.3 Å². The number of allylic oxidation sites excluding steroid dienone is 3. The van der Waals surface area contributed by atoms with Crippen molar-refractivity contribution in [3.63, 3.8) is 0 Å². The molecule has 0 aromatic heterocycles. The summed E-state index contributed by atoms with van der Waals surface area (Å²) in [6, 6.07) is 23.6. The number of esters is 1. The molecule has 0 bridgehead atoms. The van der Waals surface area contributed by atoms with Crippen molar-refractivity contribution in [2.45, 2.75) is 32.1 Å². The van der Waals surface area contributed by atoms with Crippen LogP contribution in [0.25, 0.3) is 10.8 Å². The Labute approximate surface area is 199 Å². The van der Waals surface area contributed by atoms with Crippen LogP contribution in [0.3, 0.4) is 0 Å². The minimum Gasteiger partial charge on any atom is -0.490 e. The van der Waals surface area contributed by atoms with Gasteiger partial charge in [-0.3, -0.25) is 4.79 Å². The fraction of sp³-hybridized carbons (Fsp3) is 0.241. The highest BCUT2D eigenvalue weighted by Gasteiger charge is 2.39. The Bertz CT molecular complexity index is 1300. The van der Waals surface area contributed by atoms with Gasteiger partial charge < -0.3 is 14.8 Å². The van der Waals surface area contributed by atoms with Crippen LogP contribution < -0.4 is 10.1 Å². The summed E-state index contributed by atoms with van der Waals surface area (Å²) in [5.74, 6) is -0.0661. The van der Waals surface area contributed by atoms with Gasteiger partial charge in [-0.05, 0) is 48.2 Å². The summed E-state index contributed by atoms with van der Waals surface area (Å²) >= 11 is 0. The first-order chi connectivity index (χ1) is 16.6. The number of hydrogen-bond donors (Lipinski definition) is 1. The molecule has 0 saturated heterocycles. The van der Waals surface area contributed by atoms with Gasteiger partial charge in [-0.1, -0.05) is 60.7 Å². The first-order valence-corrected chi connectivity index (χ1v) is 11.7. The minimum absolute atomic E-state index is 0.0943. The highest BCUT2D eigenvalue weighted by Crippen LogP contribution is 2.44. The van der Waals surface area contributed by atoms with Crippen LogP contribution in [0.5, 0.6) is 5.75 Å². The molecule has 1 N–H and O–H groups in total. The zero-order valence-corrected chi connectivity index (χ0v) is 19.2. The largest absolute Gasteiger partial charge is 0.490 e. The van der Waals surface area contributed by atoms with Crippen molar-refractivity contribution in [1.82, 2.24) is 5.32 Å². The number of ether oxygens (including phenoxy) is 2. The Morgan fingerprint density at radius 1 is 0.941 bits per heavy atom. The van der Waals surface area contributed by atoms with Gasteiger partial charge in [0.1, 0.15) is 19.0 Å². The first kappa shape index (κ1) is 22.0. The summed E-state index contributed by atoms with van der Waals surface area (Å²) in [5, 5.41) is 5.46. The summed E-state index contributed by atoms with van der Waals surface area (Å²) in [5.41, 5.74) is 3.80. The fourth-order valence-electron chi connectivity index (χ4n) is 4.96. The molecule has 34 heavy (non-hydrogen) atoms. The zero-order valence-electron chi connectivity index (χ0n) is 19.2. The molecule has 0 amide bonds. The molecule has 1 aliphatic carbocycles. The van der Waals surface area contributed by atoms with Crippen molar-refractivity contribution in [1.29, 1.82) is 0 Å². The number of carbonyl (C=O) groups is 2. The second kappa shape index (κ2) is 9.56. The Hall–Kier alpha value is -3.86. The maximum absolute atomic E-state index is 13.4. The predicted octanol–water partition coefficient (Wildman–Crippen LogP) is 5.43. The van der Waals surface area contributed by atoms with E-state index in [1.54, 1.807) is 0 Å². The van der Waals surface area contributed by atoms with Crippen LogP contribution in [0.15, 0.2) is 95.3 Å². The lowest BCUT2D eigenvalue weighted by Crippen LogP contribution is -2.34. The number of dihydropyridines is 1. The predicted molar refractivity (Wildman–Crippen MR) is 131 cm³/mol. The van der Waals surface area contributed by atoms with Crippen molar-refractivity contribution in [3.8, 4) is 5.75 Å². The normalized spacial score (nSPS) is 17.9. The van der Waals surface area contributed by atoms with E-state index in [9.17, 15) is 9.59 Å². The van der Waals surface area contributed by atoms with Crippen LogP contribution in [0.4, 0.5) is 0 Å². The van der Waals surface area contributed by atoms with Crippen LogP contribution in [0, 0.1) is 0 Å². The third-order valence-electron chi connectivity index (χ3n) is 6.46. The molecule has 5 nitrogen and oxygen atoms in total. The van der Waals surface area contributed by atoms with Gasteiger partial charge in [0, 0.05) is 29.3 Å². The average Bonchev–Trinajstić information content (AvgIpc) is 2.86. The van der Waals surface area contributed by atoms with Crippen molar-refractivity contribution in [2.24, 2.45) is 0 Å². The number of hydrogen-bond acceptors (Lipinski definition) is 5. The quantitative estimate of drug-likeness (QED) is 0.398. The molecule has 3 aromatic carbocycles. The highest BCUT2D eigenvalue weighted by atomic mass is 16.6. The molecule has 1 unspecified atom stereocenters. The van der Waals surface area contributed by atoms with E-state index in [-0.39, 0.29) is 19.0 Å². The third kappa shape index (κ3) is 4.21. The maximum Gasteiger partial charge on any atom is 0.336 e. The van der Waals surface area contributed by atoms with E-state index in [0.29, 0.717) is 17.6 Å². The number of ketones is 1. The number of Topliss-reactive ketones (excluding diaryl/α,β-unsaturated/α-hetero) is 1. The van der Waals surface area contributed by atoms with Crippen LogP contribution in [-0.2, 0) is 14.3 Å². The van der Waals surface area contributed by atoms with E-state index in [1.165, 1.54) is 0 Å². The van der Waals surface area contributed by atoms with E-state index in [4.69, 9.17) is 9.47 Å². The summed E-state index contributed by atoms with van der Waals surface area (Å²) < 4.78 is 11.3. The minimum atomic E-state index is -0.460. The Morgan fingerprint density at radius 3 is 2.56 bits per heavy atom. The smallest absolute Gasteiger partial charge is 0.336 e. The number of nitrogens with one attached hydrogen (secondary N) is 1. The Kier molecular flexibility index (Phi) is 6.17. The molecule has 0 spiro atoms. The second-order valence-electron chi connectivity index (χ2n) is 8.63. The molecule has 5 rings (SSSR count). The topological polar surface area (TPSA) is 64.6 Å². The maximum atomic E-state index is 13.4. The van der Waals surface area contributed by atoms with Crippen LogP contribution in [-0.4, -0.2) is 25.0 Å². The van der Waals surface area contributed by atoms with Gasteiger partial charge >= 0.3 is 5.97 Å². The summed E-state index contributed by atoms with van der Waals surface area (Å²) in [6.07, 6.45) is 2.11. The van der Waals surface area contributed by atoms with Crippen LogP contribution >= 0.6 is 0 Å². The standard InChI is InChI=1S/C29H27NO4/c1-19-26(29(32)34-18-17-33-21-11-3-2-4-12-21)27(28-24(30-19)15-8-16-25(28)31)23-14-7-10-20-9-5-6-13-22(20)23/h2-7,9-14,27,30H,8,15-18H2,1H3. The van der Waals surface area contributed by atoms with Crippen molar-refractivity contribution < 1.29 is 19.1 Å². The summed E-state index contributed by atoms with van der Waals surface area (Å²) in [4.78, 5) is 26.6. The SMILES string of the molecule is CC1=C(C(=O)OCCOc2ccccc2)C(c2cccc3ccccc23)C2=C(CCCC2=O)N1. The van der Waals surface area contributed by atoms with E-state index in [1.807, 2.05) is 79.7 Å². The molecule has 1 aliphatic heterocycles. The summed E-state index contributed by atoms with van der Waals surface area (Å²) in [6.45, 7) is 2.26. The summed E-state index contributed by atoms with van der Waals surface area (Å²) in [7, 11) is 0. The molecular weight excluding hydrogens is 426 g/mol. The number of para-hydroxylation sites is 1. The van der Waals surface area contributed by atoms with Gasteiger partial charge in [-0.2, -0.15) is 0 Å². The van der Waals surface area contributed by atoms with Gasteiger partial charge in [0.15, 0.2) is 5.78 Å². The van der Waals surface area contributed by atoms with Crippen molar-refractivity contribution in [3.05, 3.63) is 101 Å². The lowest BCUT2D eigenvalue weighted by Gasteiger charge is -2.34. The Balaban J connectivity index is 1.47. The molecule has 0 fully saturated rings. The fourth-order valence-corrected chi connectivity index (χ4v) is 4.96. The Morgan fingerprint density at radius 2 is 1.71 bits per heavy atom. The molecule has 1 atom stereocenters. The zero-order chi connectivity index (χ0) is 23.5. The molecule has 1 heterocycles. The second-order valence-corrected chi connectivity index (χ2v) is 8.63. The number of fused-ring (bicyclic) bond motifs is 1. The van der Waals surface area contributed by atoms with Crippen molar-refractivity contribution in [2.75, 3.05) is 13.2 Å². The molecular formula is C29H27NO4. The monoisotopic (exact) mass is 453 g/mol. The molecule has 3 aromatic rings.